The molecule has 0 aliphatic carbocycles. The summed E-state index contributed by atoms with van der Waals surface area (Å²) in [5, 5.41) is 3.93. The number of rotatable bonds is 3. The summed E-state index contributed by atoms with van der Waals surface area (Å²) in [4.78, 5) is 6.15. The van der Waals surface area contributed by atoms with Crippen molar-refractivity contribution in [3.63, 3.8) is 0 Å². The minimum absolute atomic E-state index is 0. The molecular formula is C15H17ClF3N3O. The van der Waals surface area contributed by atoms with Crippen LogP contribution in [0.1, 0.15) is 6.42 Å². The third kappa shape index (κ3) is 3.79. The van der Waals surface area contributed by atoms with Crippen molar-refractivity contribution in [1.29, 1.82) is 0 Å². The SMILES string of the molecule is CN(c1ccc(OC(F)(F)F)c2ncccc12)C1CCNC1.Cl. The Bertz CT molecular complexity index is 675. The molecule has 0 saturated carbocycles. The van der Waals surface area contributed by atoms with Crippen molar-refractivity contribution in [3.05, 3.63) is 30.5 Å². The number of halogens is 4. The van der Waals surface area contributed by atoms with Crippen LogP contribution in [0.2, 0.25) is 0 Å². The largest absolute Gasteiger partial charge is 0.573 e. The van der Waals surface area contributed by atoms with Gasteiger partial charge in [0.15, 0.2) is 5.75 Å². The zero-order valence-corrected chi connectivity index (χ0v) is 13.2. The minimum atomic E-state index is -4.73. The monoisotopic (exact) mass is 347 g/mol. The van der Waals surface area contributed by atoms with Crippen molar-refractivity contribution in [2.45, 2.75) is 18.8 Å². The molecule has 2 aromatic rings. The first kappa shape index (κ1) is 17.6. The van der Waals surface area contributed by atoms with E-state index in [2.05, 4.69) is 19.9 Å². The molecule has 0 bridgehead atoms. The fraction of sp³-hybridized carbons (Fsp3) is 0.400. The van der Waals surface area contributed by atoms with Crippen LogP contribution in [-0.2, 0) is 0 Å². The highest BCUT2D eigenvalue weighted by Crippen LogP contribution is 2.35. The van der Waals surface area contributed by atoms with Crippen molar-refractivity contribution in [2.75, 3.05) is 25.0 Å². The summed E-state index contributed by atoms with van der Waals surface area (Å²) >= 11 is 0. The maximum Gasteiger partial charge on any atom is 0.573 e. The molecule has 1 atom stereocenters. The van der Waals surface area contributed by atoms with Crippen LogP contribution in [0, 0.1) is 0 Å². The fourth-order valence-electron chi connectivity index (χ4n) is 2.81. The number of aromatic nitrogens is 1. The first-order valence-corrected chi connectivity index (χ1v) is 7.03. The highest BCUT2D eigenvalue weighted by molar-refractivity contribution is 5.95. The third-order valence-corrected chi connectivity index (χ3v) is 3.90. The van der Waals surface area contributed by atoms with Gasteiger partial charge in [-0.2, -0.15) is 0 Å². The lowest BCUT2D eigenvalue weighted by atomic mass is 10.1. The molecule has 1 aromatic heterocycles. The van der Waals surface area contributed by atoms with Crippen molar-refractivity contribution in [1.82, 2.24) is 10.3 Å². The molecule has 23 heavy (non-hydrogen) atoms. The predicted octanol–water partition coefficient (Wildman–Crippen LogP) is 3.35. The normalized spacial score (nSPS) is 17.8. The topological polar surface area (TPSA) is 37.4 Å². The zero-order valence-electron chi connectivity index (χ0n) is 12.4. The van der Waals surface area contributed by atoms with Gasteiger partial charge in [-0.05, 0) is 37.2 Å². The molecule has 1 aromatic carbocycles. The highest BCUT2D eigenvalue weighted by Gasteiger charge is 2.32. The Kier molecular flexibility index (Phi) is 5.21. The number of alkyl halides is 3. The third-order valence-electron chi connectivity index (χ3n) is 3.90. The van der Waals surface area contributed by atoms with Crippen molar-refractivity contribution in [3.8, 4) is 5.75 Å². The lowest BCUT2D eigenvalue weighted by Crippen LogP contribution is -2.33. The first-order chi connectivity index (χ1) is 10.5. The molecule has 4 nitrogen and oxygen atoms in total. The summed E-state index contributed by atoms with van der Waals surface area (Å²) in [7, 11) is 1.95. The van der Waals surface area contributed by atoms with E-state index >= 15 is 0 Å². The molecule has 126 valence electrons. The van der Waals surface area contributed by atoms with Gasteiger partial charge in [-0.1, -0.05) is 0 Å². The van der Waals surface area contributed by atoms with E-state index in [4.69, 9.17) is 0 Å². The number of likely N-dealkylation sites (N-methyl/N-ethyl adjacent to an activating group) is 1. The molecule has 1 saturated heterocycles. The summed E-state index contributed by atoms with van der Waals surface area (Å²) in [5.41, 5.74) is 1.07. The number of ether oxygens (including phenoxy) is 1. The number of pyridine rings is 1. The number of fused-ring (bicyclic) bond motifs is 1. The number of benzene rings is 1. The van der Waals surface area contributed by atoms with E-state index in [1.807, 2.05) is 7.05 Å². The maximum atomic E-state index is 12.5. The zero-order chi connectivity index (χ0) is 15.7. The molecule has 1 aliphatic rings. The van der Waals surface area contributed by atoms with Crippen molar-refractivity contribution in [2.24, 2.45) is 0 Å². The molecule has 2 heterocycles. The number of nitrogens with one attached hydrogen (secondary N) is 1. The number of hydrogen-bond donors (Lipinski definition) is 1. The minimum Gasteiger partial charge on any atom is -0.403 e. The average molecular weight is 348 g/mol. The summed E-state index contributed by atoms with van der Waals surface area (Å²) in [5.74, 6) is -0.273. The lowest BCUT2D eigenvalue weighted by molar-refractivity contribution is -0.274. The van der Waals surface area contributed by atoms with Crippen LogP contribution in [0.25, 0.3) is 10.9 Å². The van der Waals surface area contributed by atoms with Crippen LogP contribution < -0.4 is 15.0 Å². The van der Waals surface area contributed by atoms with Gasteiger partial charge in [0.2, 0.25) is 0 Å². The molecule has 1 N–H and O–H groups in total. The van der Waals surface area contributed by atoms with Crippen LogP contribution in [0.5, 0.6) is 5.75 Å². The standard InChI is InChI=1S/C15H16F3N3O.ClH/c1-21(10-6-8-19-9-10)12-4-5-13(22-15(16,17)18)14-11(12)3-2-7-20-14;/h2-5,7,10,19H,6,8-9H2,1H3;1H. The van der Waals surface area contributed by atoms with Gasteiger partial charge < -0.3 is 15.0 Å². The fourth-order valence-corrected chi connectivity index (χ4v) is 2.81. The van der Waals surface area contributed by atoms with Gasteiger partial charge in [-0.3, -0.25) is 4.98 Å². The molecule has 1 aliphatic heterocycles. The summed E-state index contributed by atoms with van der Waals surface area (Å²) in [6, 6.07) is 6.78. The molecule has 3 rings (SSSR count). The summed E-state index contributed by atoms with van der Waals surface area (Å²) in [6.07, 6.45) is -2.27. The molecule has 1 unspecified atom stereocenters. The Labute approximate surface area is 138 Å². The molecule has 0 radical (unpaired) electrons. The predicted molar refractivity (Wildman–Crippen MR) is 85.4 cm³/mol. The molecule has 8 heteroatoms. The second-order valence-corrected chi connectivity index (χ2v) is 5.29. The smallest absolute Gasteiger partial charge is 0.403 e. The van der Waals surface area contributed by atoms with Crippen molar-refractivity contribution >= 4 is 29.0 Å². The highest BCUT2D eigenvalue weighted by atomic mass is 35.5. The average Bonchev–Trinajstić information content (AvgIpc) is 3.00. The Morgan fingerprint density at radius 2 is 2.09 bits per heavy atom. The van der Waals surface area contributed by atoms with Gasteiger partial charge >= 0.3 is 6.36 Å². The Morgan fingerprint density at radius 1 is 1.30 bits per heavy atom. The molecule has 0 spiro atoms. The Hall–Kier alpha value is -1.73. The molecule has 0 amide bonds. The summed E-state index contributed by atoms with van der Waals surface area (Å²) in [6.45, 7) is 1.81. The van der Waals surface area contributed by atoms with Crippen LogP contribution >= 0.6 is 12.4 Å². The van der Waals surface area contributed by atoms with Gasteiger partial charge in [0.25, 0.3) is 0 Å². The van der Waals surface area contributed by atoms with Crippen molar-refractivity contribution < 1.29 is 17.9 Å². The van der Waals surface area contributed by atoms with Crippen LogP contribution in [0.15, 0.2) is 30.5 Å². The number of hydrogen-bond acceptors (Lipinski definition) is 4. The van der Waals surface area contributed by atoms with E-state index in [9.17, 15) is 13.2 Å². The maximum absolute atomic E-state index is 12.5. The van der Waals surface area contributed by atoms with E-state index < -0.39 is 6.36 Å². The Balaban J connectivity index is 0.00000192. The Morgan fingerprint density at radius 3 is 2.74 bits per heavy atom. The summed E-state index contributed by atoms with van der Waals surface area (Å²) < 4.78 is 41.6. The molecule has 1 fully saturated rings. The van der Waals surface area contributed by atoms with Gasteiger partial charge in [0, 0.05) is 36.9 Å². The number of nitrogens with zero attached hydrogens (tertiary/aromatic N) is 2. The number of anilines is 1. The van der Waals surface area contributed by atoms with Crippen LogP contribution in [0.4, 0.5) is 18.9 Å². The first-order valence-electron chi connectivity index (χ1n) is 7.03. The van der Waals surface area contributed by atoms with E-state index in [1.54, 1.807) is 18.2 Å². The second kappa shape index (κ2) is 6.80. The van der Waals surface area contributed by atoms with Gasteiger partial charge in [-0.15, -0.1) is 25.6 Å². The van der Waals surface area contributed by atoms with E-state index in [1.165, 1.54) is 12.3 Å². The van der Waals surface area contributed by atoms with E-state index in [-0.39, 0.29) is 23.7 Å². The quantitative estimate of drug-likeness (QED) is 0.924. The lowest BCUT2D eigenvalue weighted by Gasteiger charge is -2.27. The van der Waals surface area contributed by atoms with Gasteiger partial charge in [0.1, 0.15) is 5.52 Å². The van der Waals surface area contributed by atoms with Gasteiger partial charge in [0.05, 0.1) is 0 Å². The second-order valence-electron chi connectivity index (χ2n) is 5.29. The molecular weight excluding hydrogens is 331 g/mol. The van der Waals surface area contributed by atoms with Gasteiger partial charge in [-0.25, -0.2) is 0 Å². The van der Waals surface area contributed by atoms with E-state index in [0.29, 0.717) is 11.4 Å². The van der Waals surface area contributed by atoms with Crippen LogP contribution in [0.3, 0.4) is 0 Å². The van der Waals surface area contributed by atoms with Crippen LogP contribution in [-0.4, -0.2) is 37.5 Å². The van der Waals surface area contributed by atoms with E-state index in [0.717, 1.165) is 25.2 Å².